The maximum absolute atomic E-state index is 4.92. The van der Waals surface area contributed by atoms with E-state index in [1.165, 1.54) is 6.42 Å². The summed E-state index contributed by atoms with van der Waals surface area (Å²) in [5, 5.41) is 3.42. The predicted molar refractivity (Wildman–Crippen MR) is 57.0 cm³/mol. The van der Waals surface area contributed by atoms with Crippen molar-refractivity contribution in [3.63, 3.8) is 0 Å². The molecule has 0 rings (SSSR count). The fourth-order valence-electron chi connectivity index (χ4n) is 0.745. The molecule has 0 saturated carbocycles. The normalized spacial score (nSPS) is 12.0. The number of hydrogen-bond donors (Lipinski definition) is 1. The van der Waals surface area contributed by atoms with Gasteiger partial charge in [0.1, 0.15) is 23.0 Å². The minimum Gasteiger partial charge on any atom is -0.316 e. The Labute approximate surface area is 83.8 Å². The Morgan fingerprint density at radius 2 is 1.91 bits per heavy atom. The van der Waals surface area contributed by atoms with Gasteiger partial charge in [0.05, 0.1) is 6.61 Å². The quantitative estimate of drug-likeness (QED) is 0.613. The van der Waals surface area contributed by atoms with Crippen LogP contribution in [0.3, 0.4) is 0 Å². The zero-order valence-corrected chi connectivity index (χ0v) is 9.77. The van der Waals surface area contributed by atoms with Crippen LogP contribution in [0.25, 0.3) is 0 Å². The molecule has 0 aromatic rings. The highest BCUT2D eigenvalue weighted by Crippen LogP contribution is 1.99. The van der Waals surface area contributed by atoms with E-state index in [0.717, 1.165) is 19.6 Å². The van der Waals surface area contributed by atoms with Crippen LogP contribution in [-0.2, 0) is 3.07 Å². The SMILES string of the molecule is CC(C)(C)NCCCCOI. The Balaban J connectivity index is 3.02. The summed E-state index contributed by atoms with van der Waals surface area (Å²) >= 11 is 1.93. The minimum absolute atomic E-state index is 0.255. The second kappa shape index (κ2) is 6.20. The highest BCUT2D eigenvalue weighted by atomic mass is 127. The van der Waals surface area contributed by atoms with Gasteiger partial charge in [-0.2, -0.15) is 0 Å². The number of unbranched alkanes of at least 4 members (excludes halogenated alkanes) is 1. The molecule has 0 bridgehead atoms. The minimum atomic E-state index is 0.255. The summed E-state index contributed by atoms with van der Waals surface area (Å²) in [6.45, 7) is 8.50. The van der Waals surface area contributed by atoms with Crippen LogP contribution in [0.15, 0.2) is 0 Å². The van der Waals surface area contributed by atoms with Crippen molar-refractivity contribution in [2.24, 2.45) is 0 Å². The Bertz CT molecular complexity index is 90.6. The lowest BCUT2D eigenvalue weighted by Crippen LogP contribution is -2.36. The van der Waals surface area contributed by atoms with E-state index < -0.39 is 0 Å². The molecule has 0 aromatic carbocycles. The molecule has 0 aliphatic carbocycles. The van der Waals surface area contributed by atoms with Crippen LogP contribution >= 0.6 is 23.0 Å². The van der Waals surface area contributed by atoms with Gasteiger partial charge in [-0.3, -0.25) is 0 Å². The smallest absolute Gasteiger partial charge is 0.109 e. The number of nitrogens with one attached hydrogen (secondary N) is 1. The van der Waals surface area contributed by atoms with Crippen molar-refractivity contribution in [1.29, 1.82) is 0 Å². The number of halogens is 1. The van der Waals surface area contributed by atoms with E-state index in [0.29, 0.717) is 0 Å². The molecule has 0 heterocycles. The van der Waals surface area contributed by atoms with Crippen molar-refractivity contribution >= 4 is 23.0 Å². The van der Waals surface area contributed by atoms with Crippen molar-refractivity contribution in [3.05, 3.63) is 0 Å². The van der Waals surface area contributed by atoms with Crippen molar-refractivity contribution in [2.75, 3.05) is 13.2 Å². The molecule has 68 valence electrons. The van der Waals surface area contributed by atoms with Gasteiger partial charge in [-0.1, -0.05) is 0 Å². The molecular weight excluding hydrogens is 253 g/mol. The molecule has 0 fully saturated rings. The summed E-state index contributed by atoms with van der Waals surface area (Å²) in [6.07, 6.45) is 2.34. The molecule has 1 N–H and O–H groups in total. The fourth-order valence-corrected chi connectivity index (χ4v) is 1.06. The van der Waals surface area contributed by atoms with E-state index in [-0.39, 0.29) is 5.54 Å². The summed E-state index contributed by atoms with van der Waals surface area (Å²) < 4.78 is 4.92. The van der Waals surface area contributed by atoms with Crippen molar-refractivity contribution in [3.8, 4) is 0 Å². The molecule has 2 nitrogen and oxygen atoms in total. The lowest BCUT2D eigenvalue weighted by atomic mass is 10.1. The van der Waals surface area contributed by atoms with Gasteiger partial charge in [0.15, 0.2) is 0 Å². The Morgan fingerprint density at radius 3 is 2.36 bits per heavy atom. The monoisotopic (exact) mass is 271 g/mol. The van der Waals surface area contributed by atoms with Crippen LogP contribution in [0.1, 0.15) is 33.6 Å². The van der Waals surface area contributed by atoms with E-state index in [2.05, 4.69) is 26.1 Å². The Hall–Kier alpha value is 0.650. The molecular formula is C8H18INO. The van der Waals surface area contributed by atoms with E-state index in [1.807, 2.05) is 23.0 Å². The fraction of sp³-hybridized carbons (Fsp3) is 1.00. The largest absolute Gasteiger partial charge is 0.316 e. The topological polar surface area (TPSA) is 21.3 Å². The molecule has 0 aromatic heterocycles. The highest BCUT2D eigenvalue weighted by Gasteiger charge is 2.06. The second-order valence-electron chi connectivity index (χ2n) is 3.70. The summed E-state index contributed by atoms with van der Waals surface area (Å²) in [4.78, 5) is 0. The molecule has 0 spiro atoms. The maximum Gasteiger partial charge on any atom is 0.109 e. The summed E-state index contributed by atoms with van der Waals surface area (Å²) in [5.74, 6) is 0. The number of rotatable bonds is 5. The molecule has 11 heavy (non-hydrogen) atoms. The first-order chi connectivity index (χ1) is 5.06. The average molecular weight is 271 g/mol. The maximum atomic E-state index is 4.92. The van der Waals surface area contributed by atoms with Gasteiger partial charge < -0.3 is 8.38 Å². The molecule has 0 atom stereocenters. The molecule has 0 saturated heterocycles. The van der Waals surface area contributed by atoms with Crippen molar-refractivity contribution < 1.29 is 3.07 Å². The molecule has 0 aliphatic rings. The molecule has 0 radical (unpaired) electrons. The van der Waals surface area contributed by atoms with Crippen LogP contribution in [0.4, 0.5) is 0 Å². The van der Waals surface area contributed by atoms with Crippen LogP contribution < -0.4 is 5.32 Å². The van der Waals surface area contributed by atoms with Gasteiger partial charge in [0.25, 0.3) is 0 Å². The summed E-state index contributed by atoms with van der Waals surface area (Å²) in [7, 11) is 0. The summed E-state index contributed by atoms with van der Waals surface area (Å²) in [5.41, 5.74) is 0.255. The van der Waals surface area contributed by atoms with Crippen LogP contribution in [0.5, 0.6) is 0 Å². The van der Waals surface area contributed by atoms with Crippen LogP contribution in [-0.4, -0.2) is 18.7 Å². The zero-order valence-electron chi connectivity index (χ0n) is 7.61. The van der Waals surface area contributed by atoms with E-state index in [1.54, 1.807) is 0 Å². The van der Waals surface area contributed by atoms with Crippen molar-refractivity contribution in [1.82, 2.24) is 5.32 Å². The van der Waals surface area contributed by atoms with Crippen LogP contribution in [0, 0.1) is 0 Å². The van der Waals surface area contributed by atoms with Gasteiger partial charge in [-0.15, -0.1) is 0 Å². The Kier molecular flexibility index (Phi) is 6.56. The van der Waals surface area contributed by atoms with E-state index >= 15 is 0 Å². The predicted octanol–water partition coefficient (Wildman–Crippen LogP) is 2.52. The van der Waals surface area contributed by atoms with Crippen molar-refractivity contribution in [2.45, 2.75) is 39.2 Å². The lowest BCUT2D eigenvalue weighted by Gasteiger charge is -2.20. The van der Waals surface area contributed by atoms with E-state index in [4.69, 9.17) is 3.07 Å². The first-order valence-corrected chi connectivity index (χ1v) is 4.93. The number of hydrogen-bond acceptors (Lipinski definition) is 2. The lowest BCUT2D eigenvalue weighted by molar-refractivity contribution is 0.378. The zero-order chi connectivity index (χ0) is 8.74. The third kappa shape index (κ3) is 10.7. The third-order valence-corrected chi connectivity index (χ3v) is 1.74. The standard InChI is InChI=1S/C8H18INO/c1-8(2,3)10-6-4-5-7-11-9/h10H,4-7H2,1-3H3. The van der Waals surface area contributed by atoms with Gasteiger partial charge in [-0.05, 0) is 40.2 Å². The van der Waals surface area contributed by atoms with Gasteiger partial charge >= 0.3 is 0 Å². The molecule has 3 heteroatoms. The second-order valence-corrected chi connectivity index (χ2v) is 4.32. The molecule has 0 amide bonds. The Morgan fingerprint density at radius 1 is 1.27 bits per heavy atom. The first kappa shape index (κ1) is 11.6. The van der Waals surface area contributed by atoms with Gasteiger partial charge in [0, 0.05) is 5.54 Å². The molecule has 0 unspecified atom stereocenters. The third-order valence-electron chi connectivity index (χ3n) is 1.30. The van der Waals surface area contributed by atoms with E-state index in [9.17, 15) is 0 Å². The first-order valence-electron chi connectivity index (χ1n) is 4.05. The van der Waals surface area contributed by atoms with Gasteiger partial charge in [0.2, 0.25) is 0 Å². The average Bonchev–Trinajstić information content (AvgIpc) is 1.85. The van der Waals surface area contributed by atoms with Gasteiger partial charge in [-0.25, -0.2) is 0 Å². The van der Waals surface area contributed by atoms with Crippen LogP contribution in [0.2, 0.25) is 0 Å². The summed E-state index contributed by atoms with van der Waals surface area (Å²) in [6, 6.07) is 0. The molecule has 0 aliphatic heterocycles. The highest BCUT2D eigenvalue weighted by molar-refractivity contribution is 14.1.